The van der Waals surface area contributed by atoms with E-state index in [-0.39, 0.29) is 17.9 Å². The second-order valence-electron chi connectivity index (χ2n) is 6.71. The van der Waals surface area contributed by atoms with Crippen molar-refractivity contribution in [2.24, 2.45) is 5.92 Å². The van der Waals surface area contributed by atoms with Gasteiger partial charge < -0.3 is 19.5 Å². The number of nitrogens with one attached hydrogen (secondary N) is 1. The average Bonchev–Trinajstić information content (AvgIpc) is 2.65. The third kappa shape index (κ3) is 4.48. The molecule has 5 nitrogen and oxygen atoms in total. The summed E-state index contributed by atoms with van der Waals surface area (Å²) in [7, 11) is 1.63. The van der Waals surface area contributed by atoms with Gasteiger partial charge in [0.1, 0.15) is 23.9 Å². The van der Waals surface area contributed by atoms with Crippen molar-refractivity contribution in [3.05, 3.63) is 53.6 Å². The lowest BCUT2D eigenvalue weighted by molar-refractivity contribution is -0.126. The van der Waals surface area contributed by atoms with Gasteiger partial charge in [-0.3, -0.25) is 4.79 Å². The van der Waals surface area contributed by atoms with Crippen LogP contribution in [0.25, 0.3) is 0 Å². The van der Waals surface area contributed by atoms with Crippen molar-refractivity contribution >= 4 is 5.91 Å². The van der Waals surface area contributed by atoms with E-state index in [9.17, 15) is 4.79 Å². The lowest BCUT2D eigenvalue weighted by atomic mass is 9.95. The van der Waals surface area contributed by atoms with Crippen molar-refractivity contribution < 1.29 is 19.0 Å². The molecule has 0 saturated heterocycles. The Hall–Kier alpha value is -2.69. The Kier molecular flexibility index (Phi) is 5.66. The molecule has 0 bridgehead atoms. The van der Waals surface area contributed by atoms with E-state index in [0.717, 1.165) is 28.4 Å². The van der Waals surface area contributed by atoms with Crippen LogP contribution in [0.5, 0.6) is 17.2 Å². The van der Waals surface area contributed by atoms with Gasteiger partial charge in [0.15, 0.2) is 0 Å². The topological polar surface area (TPSA) is 56.8 Å². The molecule has 26 heavy (non-hydrogen) atoms. The molecule has 0 aromatic heterocycles. The van der Waals surface area contributed by atoms with Crippen LogP contribution in [0.4, 0.5) is 0 Å². The summed E-state index contributed by atoms with van der Waals surface area (Å²) in [6, 6.07) is 13.5. The number of ether oxygens (including phenoxy) is 3. The molecule has 1 aliphatic heterocycles. The van der Waals surface area contributed by atoms with Crippen LogP contribution in [0, 0.1) is 5.92 Å². The van der Waals surface area contributed by atoms with E-state index in [1.54, 1.807) is 7.11 Å². The van der Waals surface area contributed by atoms with Crippen LogP contribution >= 0.6 is 0 Å². The first kappa shape index (κ1) is 18.1. The maximum atomic E-state index is 12.5. The fourth-order valence-electron chi connectivity index (χ4n) is 2.96. The molecular weight excluding hydrogens is 330 g/mol. The molecule has 1 unspecified atom stereocenters. The van der Waals surface area contributed by atoms with Crippen LogP contribution < -0.4 is 19.5 Å². The summed E-state index contributed by atoms with van der Waals surface area (Å²) in [6.45, 7) is 4.87. The van der Waals surface area contributed by atoms with Gasteiger partial charge >= 0.3 is 0 Å². The van der Waals surface area contributed by atoms with Crippen molar-refractivity contribution in [2.75, 3.05) is 13.7 Å². The highest BCUT2D eigenvalue weighted by Crippen LogP contribution is 2.30. The highest BCUT2D eigenvalue weighted by molar-refractivity contribution is 5.79. The maximum Gasteiger partial charge on any atom is 0.227 e. The minimum atomic E-state index is -0.196. The zero-order valence-corrected chi connectivity index (χ0v) is 15.5. The zero-order valence-electron chi connectivity index (χ0n) is 15.5. The molecule has 0 aliphatic carbocycles. The van der Waals surface area contributed by atoms with Gasteiger partial charge in [0.05, 0.1) is 19.1 Å². The second-order valence-corrected chi connectivity index (χ2v) is 6.71. The van der Waals surface area contributed by atoms with E-state index in [0.29, 0.717) is 19.6 Å². The van der Waals surface area contributed by atoms with Gasteiger partial charge in [0.25, 0.3) is 0 Å². The van der Waals surface area contributed by atoms with Crippen LogP contribution in [0.2, 0.25) is 0 Å². The molecular formula is C21H25NO4. The summed E-state index contributed by atoms with van der Waals surface area (Å²) in [5.41, 5.74) is 2.04. The van der Waals surface area contributed by atoms with E-state index in [1.807, 2.05) is 56.3 Å². The predicted molar refractivity (Wildman–Crippen MR) is 99.7 cm³/mol. The van der Waals surface area contributed by atoms with Gasteiger partial charge in [-0.25, -0.2) is 0 Å². The van der Waals surface area contributed by atoms with Crippen LogP contribution in [0.3, 0.4) is 0 Å². The standard InChI is InChI=1S/C21H25NO4/c1-14(2)26-18-6-4-15(5-7-18)12-22-21(23)17-10-16-11-19(24-3)8-9-20(16)25-13-17/h4-9,11,14,17H,10,12-13H2,1-3H3,(H,22,23). The number of methoxy groups -OCH3 is 1. The fraction of sp³-hybridized carbons (Fsp3) is 0.381. The molecule has 1 heterocycles. The Morgan fingerprint density at radius 2 is 1.92 bits per heavy atom. The summed E-state index contributed by atoms with van der Waals surface area (Å²) >= 11 is 0. The summed E-state index contributed by atoms with van der Waals surface area (Å²) in [5.74, 6) is 2.24. The van der Waals surface area contributed by atoms with Gasteiger partial charge in [0, 0.05) is 6.54 Å². The van der Waals surface area contributed by atoms with Gasteiger partial charge in [-0.1, -0.05) is 12.1 Å². The predicted octanol–water partition coefficient (Wildman–Crippen LogP) is 3.35. The van der Waals surface area contributed by atoms with Crippen LogP contribution in [0.15, 0.2) is 42.5 Å². The highest BCUT2D eigenvalue weighted by atomic mass is 16.5. The number of carbonyl (C=O) groups is 1. The second kappa shape index (κ2) is 8.13. The van der Waals surface area contributed by atoms with Crippen LogP contribution in [-0.2, 0) is 17.8 Å². The molecule has 0 fully saturated rings. The van der Waals surface area contributed by atoms with Crippen molar-refractivity contribution in [1.82, 2.24) is 5.32 Å². The smallest absolute Gasteiger partial charge is 0.227 e. The van der Waals surface area contributed by atoms with Crippen LogP contribution in [0.1, 0.15) is 25.0 Å². The Labute approximate surface area is 154 Å². The first-order valence-corrected chi connectivity index (χ1v) is 8.88. The first-order chi connectivity index (χ1) is 12.5. The van der Waals surface area contributed by atoms with E-state index in [2.05, 4.69) is 5.32 Å². The van der Waals surface area contributed by atoms with Crippen molar-refractivity contribution in [1.29, 1.82) is 0 Å². The first-order valence-electron chi connectivity index (χ1n) is 8.88. The summed E-state index contributed by atoms with van der Waals surface area (Å²) in [6.07, 6.45) is 0.799. The van der Waals surface area contributed by atoms with Crippen molar-refractivity contribution in [3.63, 3.8) is 0 Å². The number of amides is 1. The third-order valence-electron chi connectivity index (χ3n) is 4.31. The normalized spacial score (nSPS) is 15.8. The molecule has 0 saturated carbocycles. The zero-order chi connectivity index (χ0) is 18.5. The summed E-state index contributed by atoms with van der Waals surface area (Å²) in [5, 5.41) is 3.00. The molecule has 5 heteroatoms. The van der Waals surface area contributed by atoms with E-state index < -0.39 is 0 Å². The molecule has 1 amide bonds. The number of carbonyl (C=O) groups excluding carboxylic acids is 1. The largest absolute Gasteiger partial charge is 0.497 e. The van der Waals surface area contributed by atoms with Gasteiger partial charge in [-0.2, -0.15) is 0 Å². The molecule has 2 aromatic carbocycles. The molecule has 1 atom stereocenters. The molecule has 138 valence electrons. The number of hydrogen-bond acceptors (Lipinski definition) is 4. The third-order valence-corrected chi connectivity index (χ3v) is 4.31. The number of hydrogen-bond donors (Lipinski definition) is 1. The molecule has 2 aromatic rings. The number of benzene rings is 2. The Morgan fingerprint density at radius 3 is 2.62 bits per heavy atom. The number of fused-ring (bicyclic) bond motifs is 1. The minimum absolute atomic E-state index is 0.000904. The average molecular weight is 355 g/mol. The van der Waals surface area contributed by atoms with Gasteiger partial charge in [0.2, 0.25) is 5.91 Å². The Morgan fingerprint density at radius 1 is 1.19 bits per heavy atom. The molecule has 0 radical (unpaired) electrons. The Balaban J connectivity index is 1.55. The van der Waals surface area contributed by atoms with Gasteiger partial charge in [-0.15, -0.1) is 0 Å². The van der Waals surface area contributed by atoms with Crippen LogP contribution in [-0.4, -0.2) is 25.7 Å². The number of rotatable bonds is 6. The quantitative estimate of drug-likeness (QED) is 0.863. The highest BCUT2D eigenvalue weighted by Gasteiger charge is 2.26. The van der Waals surface area contributed by atoms with Crippen molar-refractivity contribution in [3.8, 4) is 17.2 Å². The molecule has 0 spiro atoms. The van der Waals surface area contributed by atoms with Crippen molar-refractivity contribution in [2.45, 2.75) is 32.9 Å². The van der Waals surface area contributed by atoms with E-state index >= 15 is 0 Å². The molecule has 1 aliphatic rings. The molecule has 1 N–H and O–H groups in total. The fourth-order valence-corrected chi connectivity index (χ4v) is 2.96. The summed E-state index contributed by atoms with van der Waals surface area (Å²) < 4.78 is 16.6. The lowest BCUT2D eigenvalue weighted by Gasteiger charge is -2.25. The van der Waals surface area contributed by atoms with Gasteiger partial charge in [-0.05, 0) is 61.7 Å². The minimum Gasteiger partial charge on any atom is -0.497 e. The van der Waals surface area contributed by atoms with E-state index in [1.165, 1.54) is 0 Å². The monoisotopic (exact) mass is 355 g/mol. The van der Waals surface area contributed by atoms with E-state index in [4.69, 9.17) is 14.2 Å². The SMILES string of the molecule is COc1ccc2c(c1)CC(C(=O)NCc1ccc(OC(C)C)cc1)CO2. The molecule has 3 rings (SSSR count). The Bertz CT molecular complexity index is 755. The summed E-state index contributed by atoms with van der Waals surface area (Å²) in [4.78, 5) is 12.5. The maximum absolute atomic E-state index is 12.5. The lowest BCUT2D eigenvalue weighted by Crippen LogP contribution is -2.37.